The summed E-state index contributed by atoms with van der Waals surface area (Å²) < 4.78 is 10.1. The zero-order valence-corrected chi connectivity index (χ0v) is 10.1. The zero-order chi connectivity index (χ0) is 13.0. The van der Waals surface area contributed by atoms with Gasteiger partial charge in [0.1, 0.15) is 11.5 Å². The molecule has 18 heavy (non-hydrogen) atoms. The summed E-state index contributed by atoms with van der Waals surface area (Å²) in [5.74, 6) is 0.437. The van der Waals surface area contributed by atoms with Crippen LogP contribution in [0.3, 0.4) is 0 Å². The highest BCUT2D eigenvalue weighted by atomic mass is 16.6. The van der Waals surface area contributed by atoms with E-state index in [-0.39, 0.29) is 18.3 Å². The number of rotatable bonds is 4. The van der Waals surface area contributed by atoms with Crippen LogP contribution in [0.5, 0.6) is 11.5 Å². The highest BCUT2D eigenvalue weighted by Gasteiger charge is 2.04. The fourth-order valence-corrected chi connectivity index (χ4v) is 1.65. The third-order valence-corrected chi connectivity index (χ3v) is 2.46. The molecule has 0 unspecified atom stereocenters. The smallest absolute Gasteiger partial charge is 0.344 e. The van der Waals surface area contributed by atoms with Crippen molar-refractivity contribution in [3.05, 3.63) is 36.4 Å². The maximum Gasteiger partial charge on any atom is 0.344 e. The summed E-state index contributed by atoms with van der Waals surface area (Å²) in [7, 11) is 0. The molecule has 0 aliphatic rings. The van der Waals surface area contributed by atoms with E-state index in [0.717, 1.165) is 10.8 Å². The Kier molecular flexibility index (Phi) is 3.67. The van der Waals surface area contributed by atoms with Gasteiger partial charge in [-0.1, -0.05) is 12.1 Å². The van der Waals surface area contributed by atoms with Gasteiger partial charge in [0.05, 0.1) is 6.61 Å². The first-order valence-electron chi connectivity index (χ1n) is 5.70. The van der Waals surface area contributed by atoms with Crippen LogP contribution in [0.1, 0.15) is 6.92 Å². The van der Waals surface area contributed by atoms with Crippen molar-refractivity contribution in [3.8, 4) is 11.5 Å². The van der Waals surface area contributed by atoms with Crippen molar-refractivity contribution in [2.75, 3.05) is 13.2 Å². The number of esters is 1. The summed E-state index contributed by atoms with van der Waals surface area (Å²) in [6.45, 7) is 2.00. The molecular formula is C14H14O4. The minimum Gasteiger partial charge on any atom is -0.508 e. The van der Waals surface area contributed by atoms with Gasteiger partial charge in [-0.05, 0) is 42.0 Å². The van der Waals surface area contributed by atoms with Gasteiger partial charge in [-0.2, -0.15) is 0 Å². The normalized spacial score (nSPS) is 10.3. The molecule has 0 amide bonds. The topological polar surface area (TPSA) is 55.8 Å². The van der Waals surface area contributed by atoms with Crippen molar-refractivity contribution < 1.29 is 19.4 Å². The number of phenols is 1. The molecule has 2 aromatic rings. The Bertz CT molecular complexity index is 563. The maximum atomic E-state index is 11.1. The van der Waals surface area contributed by atoms with Crippen LogP contribution in [0.25, 0.3) is 10.8 Å². The highest BCUT2D eigenvalue weighted by molar-refractivity contribution is 5.85. The van der Waals surface area contributed by atoms with Crippen LogP contribution in [0.2, 0.25) is 0 Å². The second-order valence-corrected chi connectivity index (χ2v) is 3.79. The molecule has 0 bridgehead atoms. The minimum atomic E-state index is -0.386. The van der Waals surface area contributed by atoms with E-state index in [1.165, 1.54) is 0 Å². The number of benzene rings is 2. The van der Waals surface area contributed by atoms with E-state index in [1.807, 2.05) is 12.1 Å². The van der Waals surface area contributed by atoms with Crippen LogP contribution in [0.4, 0.5) is 0 Å². The number of ether oxygens (including phenoxy) is 2. The van der Waals surface area contributed by atoms with Gasteiger partial charge in [-0.3, -0.25) is 0 Å². The highest BCUT2D eigenvalue weighted by Crippen LogP contribution is 2.24. The Morgan fingerprint density at radius 1 is 1.17 bits per heavy atom. The Labute approximate surface area is 105 Å². The molecule has 0 spiro atoms. The first-order chi connectivity index (χ1) is 8.69. The summed E-state index contributed by atoms with van der Waals surface area (Å²) in [6, 6.07) is 10.5. The molecule has 4 heteroatoms. The Hall–Kier alpha value is -2.23. The van der Waals surface area contributed by atoms with Crippen LogP contribution < -0.4 is 4.74 Å². The maximum absolute atomic E-state index is 11.1. The van der Waals surface area contributed by atoms with Crippen molar-refractivity contribution >= 4 is 16.7 Å². The molecule has 0 aliphatic heterocycles. The van der Waals surface area contributed by atoms with E-state index in [0.29, 0.717) is 12.4 Å². The molecule has 0 heterocycles. The third-order valence-electron chi connectivity index (χ3n) is 2.46. The standard InChI is InChI=1S/C14H14O4/c1-2-17-14(16)9-18-13-6-4-10-7-12(15)5-3-11(10)8-13/h3-8,15H,2,9H2,1H3. The Morgan fingerprint density at radius 2 is 1.89 bits per heavy atom. The number of carbonyl (C=O) groups excluding carboxylic acids is 1. The monoisotopic (exact) mass is 246 g/mol. The molecule has 0 saturated carbocycles. The molecule has 0 atom stereocenters. The van der Waals surface area contributed by atoms with E-state index in [4.69, 9.17) is 9.47 Å². The first kappa shape index (κ1) is 12.2. The number of fused-ring (bicyclic) bond motifs is 1. The fraction of sp³-hybridized carbons (Fsp3) is 0.214. The van der Waals surface area contributed by atoms with Crippen LogP contribution >= 0.6 is 0 Å². The SMILES string of the molecule is CCOC(=O)COc1ccc2cc(O)ccc2c1. The molecule has 0 radical (unpaired) electrons. The van der Waals surface area contributed by atoms with Gasteiger partial charge in [0.25, 0.3) is 0 Å². The van der Waals surface area contributed by atoms with Crippen molar-refractivity contribution in [2.24, 2.45) is 0 Å². The van der Waals surface area contributed by atoms with Crippen LogP contribution in [0, 0.1) is 0 Å². The average molecular weight is 246 g/mol. The lowest BCUT2D eigenvalue weighted by Crippen LogP contribution is -2.14. The van der Waals surface area contributed by atoms with Crippen molar-refractivity contribution in [2.45, 2.75) is 6.92 Å². The zero-order valence-electron chi connectivity index (χ0n) is 10.1. The van der Waals surface area contributed by atoms with Crippen LogP contribution in [0.15, 0.2) is 36.4 Å². The van der Waals surface area contributed by atoms with Crippen LogP contribution in [-0.4, -0.2) is 24.3 Å². The second kappa shape index (κ2) is 5.40. The van der Waals surface area contributed by atoms with Crippen molar-refractivity contribution in [1.29, 1.82) is 0 Å². The van der Waals surface area contributed by atoms with E-state index in [1.54, 1.807) is 31.2 Å². The third kappa shape index (κ3) is 2.91. The summed E-state index contributed by atoms with van der Waals surface area (Å²) in [4.78, 5) is 11.1. The summed E-state index contributed by atoms with van der Waals surface area (Å²) >= 11 is 0. The van der Waals surface area contributed by atoms with Crippen molar-refractivity contribution in [3.63, 3.8) is 0 Å². The van der Waals surface area contributed by atoms with Crippen LogP contribution in [-0.2, 0) is 9.53 Å². The van der Waals surface area contributed by atoms with Gasteiger partial charge >= 0.3 is 5.97 Å². The van der Waals surface area contributed by atoms with E-state index in [2.05, 4.69) is 0 Å². The molecule has 0 saturated heterocycles. The summed E-state index contributed by atoms with van der Waals surface area (Å²) in [5.41, 5.74) is 0. The molecule has 94 valence electrons. The fourth-order valence-electron chi connectivity index (χ4n) is 1.65. The van der Waals surface area contributed by atoms with E-state index < -0.39 is 0 Å². The van der Waals surface area contributed by atoms with Crippen molar-refractivity contribution in [1.82, 2.24) is 0 Å². The number of hydrogen-bond acceptors (Lipinski definition) is 4. The molecule has 0 aliphatic carbocycles. The molecule has 1 N–H and O–H groups in total. The largest absolute Gasteiger partial charge is 0.508 e. The lowest BCUT2D eigenvalue weighted by Gasteiger charge is -2.07. The van der Waals surface area contributed by atoms with Gasteiger partial charge in [0.2, 0.25) is 0 Å². The Balaban J connectivity index is 2.10. The van der Waals surface area contributed by atoms with Gasteiger partial charge in [-0.15, -0.1) is 0 Å². The second-order valence-electron chi connectivity index (χ2n) is 3.79. The summed E-state index contributed by atoms with van der Waals surface area (Å²) in [5, 5.41) is 11.2. The van der Waals surface area contributed by atoms with Gasteiger partial charge in [0, 0.05) is 0 Å². The molecule has 0 aromatic heterocycles. The molecular weight excluding hydrogens is 232 g/mol. The molecule has 4 nitrogen and oxygen atoms in total. The molecule has 2 aromatic carbocycles. The minimum absolute atomic E-state index is 0.0998. The molecule has 0 fully saturated rings. The van der Waals surface area contributed by atoms with E-state index in [9.17, 15) is 9.90 Å². The predicted molar refractivity (Wildman–Crippen MR) is 67.7 cm³/mol. The quantitative estimate of drug-likeness (QED) is 0.842. The summed E-state index contributed by atoms with van der Waals surface area (Å²) in [6.07, 6.45) is 0. The number of aromatic hydroxyl groups is 1. The lowest BCUT2D eigenvalue weighted by molar-refractivity contribution is -0.145. The average Bonchev–Trinajstić information content (AvgIpc) is 2.36. The Morgan fingerprint density at radius 3 is 2.67 bits per heavy atom. The number of hydrogen-bond donors (Lipinski definition) is 1. The molecule has 2 rings (SSSR count). The first-order valence-corrected chi connectivity index (χ1v) is 5.70. The van der Waals surface area contributed by atoms with Gasteiger partial charge in [0.15, 0.2) is 6.61 Å². The van der Waals surface area contributed by atoms with Gasteiger partial charge < -0.3 is 14.6 Å². The van der Waals surface area contributed by atoms with E-state index >= 15 is 0 Å². The van der Waals surface area contributed by atoms with Gasteiger partial charge in [-0.25, -0.2) is 4.79 Å². The lowest BCUT2D eigenvalue weighted by atomic mass is 10.1. The number of carbonyl (C=O) groups is 1. The number of phenolic OH excluding ortho intramolecular Hbond substituents is 1. The predicted octanol–water partition coefficient (Wildman–Crippen LogP) is 2.49.